The second-order valence-corrected chi connectivity index (χ2v) is 10.8. The second-order valence-electron chi connectivity index (χ2n) is 10.8. The number of urea groups is 1. The third-order valence-electron chi connectivity index (χ3n) is 7.52. The number of alkyl halides is 6. The minimum absolute atomic E-state index is 0.0401. The van der Waals surface area contributed by atoms with Gasteiger partial charge >= 0.3 is 18.4 Å². The maximum absolute atomic E-state index is 13.9. The van der Waals surface area contributed by atoms with Gasteiger partial charge < -0.3 is 34.3 Å². The number of aromatic nitrogens is 1. The molecule has 0 atom stereocenters. The minimum atomic E-state index is -5.11. The summed E-state index contributed by atoms with van der Waals surface area (Å²) in [5.41, 5.74) is -1.39. The van der Waals surface area contributed by atoms with E-state index in [1.807, 2.05) is 30.5 Å². The molecule has 1 aromatic heterocycles. The number of hydrogen-bond acceptors (Lipinski definition) is 5. The number of hydrogen-bond donors (Lipinski definition) is 2. The zero-order valence-electron chi connectivity index (χ0n) is 26.3. The lowest BCUT2D eigenvalue weighted by molar-refractivity contribution is -0.143. The molecule has 4 aromatic rings. The third-order valence-corrected chi connectivity index (χ3v) is 7.52. The maximum Gasteiger partial charge on any atom is 0.416 e. The highest BCUT2D eigenvalue weighted by Crippen LogP contribution is 2.37. The van der Waals surface area contributed by atoms with Crippen molar-refractivity contribution >= 4 is 28.5 Å². The monoisotopic (exact) mass is 680 g/mol. The highest BCUT2D eigenvalue weighted by molar-refractivity contribution is 5.92. The number of anilines is 1. The Morgan fingerprint density at radius 3 is 2.10 bits per heavy atom. The Balaban J connectivity index is 1.60. The molecule has 0 fully saturated rings. The molecule has 0 spiro atoms. The number of aromatic amines is 1. The summed E-state index contributed by atoms with van der Waals surface area (Å²) in [4.78, 5) is 32.8. The van der Waals surface area contributed by atoms with Gasteiger partial charge in [0, 0.05) is 49.5 Å². The van der Waals surface area contributed by atoms with Gasteiger partial charge in [0.05, 0.1) is 32.0 Å². The van der Waals surface area contributed by atoms with Gasteiger partial charge in [0.2, 0.25) is 5.91 Å². The number of fused-ring (bicyclic) bond motifs is 1. The molecule has 3 aromatic carbocycles. The average Bonchev–Trinajstić information content (AvgIpc) is 3.46. The van der Waals surface area contributed by atoms with E-state index in [0.29, 0.717) is 35.6 Å². The molecule has 9 nitrogen and oxygen atoms in total. The van der Waals surface area contributed by atoms with Gasteiger partial charge in [0.25, 0.3) is 0 Å². The van der Waals surface area contributed by atoms with E-state index in [1.54, 1.807) is 18.2 Å². The van der Waals surface area contributed by atoms with Gasteiger partial charge in [-0.2, -0.15) is 26.3 Å². The van der Waals surface area contributed by atoms with Gasteiger partial charge in [-0.1, -0.05) is 24.3 Å². The molecule has 3 amide bonds. The summed E-state index contributed by atoms with van der Waals surface area (Å²) in [7, 11) is 4.29. The summed E-state index contributed by atoms with van der Waals surface area (Å²) >= 11 is 0. The number of carbonyl (C=O) groups excluding carboxylic acids is 2. The van der Waals surface area contributed by atoms with E-state index in [-0.39, 0.29) is 32.3 Å². The van der Waals surface area contributed by atoms with Crippen LogP contribution >= 0.6 is 0 Å². The minimum Gasteiger partial charge on any atom is -0.493 e. The van der Waals surface area contributed by atoms with Crippen LogP contribution in [-0.4, -0.2) is 74.3 Å². The topological polar surface area (TPSA) is 96.1 Å². The highest BCUT2D eigenvalue weighted by Gasteiger charge is 2.37. The molecule has 48 heavy (non-hydrogen) atoms. The van der Waals surface area contributed by atoms with Crippen LogP contribution in [0.15, 0.2) is 66.9 Å². The number of ether oxygens (including phenoxy) is 3. The Morgan fingerprint density at radius 2 is 1.48 bits per heavy atom. The Bertz CT molecular complexity index is 1690. The molecule has 4 rings (SSSR count). The van der Waals surface area contributed by atoms with Crippen LogP contribution < -0.4 is 14.8 Å². The van der Waals surface area contributed by atoms with Crippen LogP contribution in [0.3, 0.4) is 0 Å². The van der Waals surface area contributed by atoms with Crippen LogP contribution in [0.25, 0.3) is 10.9 Å². The Labute approximate surface area is 272 Å². The lowest BCUT2D eigenvalue weighted by Crippen LogP contribution is -2.46. The van der Waals surface area contributed by atoms with Gasteiger partial charge in [-0.3, -0.25) is 4.79 Å². The highest BCUT2D eigenvalue weighted by atomic mass is 19.4. The fourth-order valence-corrected chi connectivity index (χ4v) is 5.03. The Hall–Kier alpha value is -4.92. The van der Waals surface area contributed by atoms with Crippen LogP contribution in [0.2, 0.25) is 0 Å². The quantitative estimate of drug-likeness (QED) is 0.149. The van der Waals surface area contributed by atoms with Crippen molar-refractivity contribution in [3.8, 4) is 11.5 Å². The second kappa shape index (κ2) is 15.3. The van der Waals surface area contributed by atoms with Gasteiger partial charge in [0.1, 0.15) is 6.54 Å². The van der Waals surface area contributed by atoms with Crippen LogP contribution in [0.1, 0.15) is 22.3 Å². The van der Waals surface area contributed by atoms with Crippen molar-refractivity contribution in [1.82, 2.24) is 14.8 Å². The summed E-state index contributed by atoms with van der Waals surface area (Å²) in [6.45, 7) is -0.517. The molecule has 0 radical (unpaired) electrons. The maximum atomic E-state index is 13.9. The molecule has 0 aliphatic rings. The van der Waals surface area contributed by atoms with E-state index >= 15 is 0 Å². The summed E-state index contributed by atoms with van der Waals surface area (Å²) < 4.78 is 96.2. The molecule has 1 heterocycles. The van der Waals surface area contributed by atoms with E-state index in [1.165, 1.54) is 26.2 Å². The SMILES string of the molecule is COCCN(CC(=O)N(CCc1c[nH]c2ccccc12)Cc1ccc(OC)c(OC)c1)C(=O)Nc1cc(C(F)(F)F)cc(C(F)(F)F)c1. The van der Waals surface area contributed by atoms with E-state index in [4.69, 9.17) is 14.2 Å². The number of nitrogens with zero attached hydrogens (tertiary/aromatic N) is 2. The molecule has 0 unspecified atom stereocenters. The van der Waals surface area contributed by atoms with Crippen molar-refractivity contribution in [2.45, 2.75) is 25.3 Å². The number of H-pyrrole nitrogens is 1. The average molecular weight is 681 g/mol. The largest absolute Gasteiger partial charge is 0.493 e. The lowest BCUT2D eigenvalue weighted by Gasteiger charge is -2.28. The van der Waals surface area contributed by atoms with Crippen molar-refractivity contribution < 1.29 is 50.1 Å². The zero-order chi connectivity index (χ0) is 35.1. The van der Waals surface area contributed by atoms with Crippen molar-refractivity contribution in [2.24, 2.45) is 0 Å². The number of halogens is 6. The first-order valence-electron chi connectivity index (χ1n) is 14.6. The van der Waals surface area contributed by atoms with Gasteiger partial charge in [-0.15, -0.1) is 0 Å². The molecular formula is C33H34F6N4O5. The van der Waals surface area contributed by atoms with E-state index in [9.17, 15) is 35.9 Å². The molecular weight excluding hydrogens is 646 g/mol. The van der Waals surface area contributed by atoms with Crippen molar-refractivity contribution in [1.29, 1.82) is 0 Å². The fourth-order valence-electron chi connectivity index (χ4n) is 5.03. The molecule has 0 saturated heterocycles. The standard InChI is InChI=1S/C33H34F6N4O5/c1-46-13-12-43(31(45)41-25-16-23(32(34,35)36)15-24(17-25)33(37,38)39)20-30(44)42(19-21-8-9-28(47-2)29(14-21)48-3)11-10-22-18-40-27-7-5-4-6-26(22)27/h4-9,14-18,40H,10-13,19-20H2,1-3H3,(H,41,45). The number of para-hydroxylation sites is 1. The lowest BCUT2D eigenvalue weighted by atomic mass is 10.1. The smallest absolute Gasteiger partial charge is 0.416 e. The van der Waals surface area contributed by atoms with Crippen molar-refractivity contribution in [2.75, 3.05) is 52.9 Å². The summed E-state index contributed by atoms with van der Waals surface area (Å²) in [5, 5.41) is 3.07. The van der Waals surface area contributed by atoms with Gasteiger partial charge in [0.15, 0.2) is 11.5 Å². The van der Waals surface area contributed by atoms with E-state index < -0.39 is 47.6 Å². The number of carbonyl (C=O) groups is 2. The summed E-state index contributed by atoms with van der Waals surface area (Å²) in [6.07, 6.45) is -7.95. The zero-order valence-corrected chi connectivity index (χ0v) is 26.3. The van der Waals surface area contributed by atoms with Crippen LogP contribution in [0.5, 0.6) is 11.5 Å². The molecule has 15 heteroatoms. The Morgan fingerprint density at radius 1 is 0.812 bits per heavy atom. The van der Waals surface area contributed by atoms with Crippen molar-refractivity contribution in [3.05, 3.63) is 89.1 Å². The predicted octanol–water partition coefficient (Wildman–Crippen LogP) is 6.97. The summed E-state index contributed by atoms with van der Waals surface area (Å²) in [6, 6.07) is 12.4. The number of methoxy groups -OCH3 is 3. The summed E-state index contributed by atoms with van der Waals surface area (Å²) in [5.74, 6) is 0.374. The first kappa shape index (κ1) is 35.9. The van der Waals surface area contributed by atoms with E-state index in [0.717, 1.165) is 21.4 Å². The first-order chi connectivity index (χ1) is 22.7. The van der Waals surface area contributed by atoms with Gasteiger partial charge in [-0.25, -0.2) is 4.79 Å². The number of amides is 3. The Kier molecular flexibility index (Phi) is 11.5. The molecule has 0 aliphatic heterocycles. The van der Waals surface area contributed by atoms with Crippen LogP contribution in [-0.2, 0) is 34.8 Å². The fraction of sp³-hybridized carbons (Fsp3) is 0.333. The number of benzene rings is 3. The predicted molar refractivity (Wildman–Crippen MR) is 166 cm³/mol. The normalized spacial score (nSPS) is 11.8. The third kappa shape index (κ3) is 9.12. The number of rotatable bonds is 13. The van der Waals surface area contributed by atoms with Crippen LogP contribution in [0.4, 0.5) is 36.8 Å². The molecule has 258 valence electrons. The molecule has 2 N–H and O–H groups in total. The number of nitrogens with one attached hydrogen (secondary N) is 2. The van der Waals surface area contributed by atoms with Gasteiger partial charge in [-0.05, 0) is 53.9 Å². The van der Waals surface area contributed by atoms with Crippen molar-refractivity contribution in [3.63, 3.8) is 0 Å². The van der Waals surface area contributed by atoms with Crippen LogP contribution in [0, 0.1) is 0 Å². The molecule has 0 bridgehead atoms. The van der Waals surface area contributed by atoms with E-state index in [2.05, 4.69) is 10.3 Å². The molecule has 0 saturated carbocycles. The molecule has 0 aliphatic carbocycles. The first-order valence-corrected chi connectivity index (χ1v) is 14.6.